The Morgan fingerprint density at radius 3 is 1.63 bits per heavy atom. The van der Waals surface area contributed by atoms with Gasteiger partial charge in [0.25, 0.3) is 0 Å². The monoisotopic (exact) mass is 266 g/mol. The normalized spacial score (nSPS) is 37.6. The van der Waals surface area contributed by atoms with Gasteiger partial charge >= 0.3 is 0 Å². The summed E-state index contributed by atoms with van der Waals surface area (Å²) in [5.41, 5.74) is 0.488. The summed E-state index contributed by atoms with van der Waals surface area (Å²) in [5.74, 6) is 3.60. The molecule has 112 valence electrons. The van der Waals surface area contributed by atoms with Crippen molar-refractivity contribution in [1.82, 2.24) is 0 Å². The third-order valence-electron chi connectivity index (χ3n) is 6.52. The van der Waals surface area contributed by atoms with E-state index >= 15 is 0 Å². The maximum absolute atomic E-state index is 9.70. The zero-order valence-electron chi connectivity index (χ0n) is 13.5. The van der Waals surface area contributed by atoms with Gasteiger partial charge < -0.3 is 5.11 Å². The van der Waals surface area contributed by atoms with Gasteiger partial charge in [0.2, 0.25) is 0 Å². The summed E-state index contributed by atoms with van der Waals surface area (Å²) >= 11 is 0. The smallest absolute Gasteiger partial charge is 0.0540 e. The SMILES string of the molecule is CC(C)C1CCC(C(C)(C)C2CCC(O)CC2)CC1. The van der Waals surface area contributed by atoms with Gasteiger partial charge in [0.05, 0.1) is 6.10 Å². The first kappa shape index (κ1) is 15.4. The topological polar surface area (TPSA) is 20.2 Å². The van der Waals surface area contributed by atoms with Crippen LogP contribution in [-0.4, -0.2) is 11.2 Å². The highest BCUT2D eigenvalue weighted by Gasteiger charge is 2.40. The Bertz CT molecular complexity index is 265. The van der Waals surface area contributed by atoms with Crippen molar-refractivity contribution in [2.24, 2.45) is 29.1 Å². The Labute approximate surface area is 120 Å². The Balaban J connectivity index is 1.90. The second kappa shape index (κ2) is 6.16. The zero-order valence-corrected chi connectivity index (χ0v) is 13.5. The first-order valence-electron chi connectivity index (χ1n) is 8.59. The van der Waals surface area contributed by atoms with Gasteiger partial charge in [-0.3, -0.25) is 0 Å². The van der Waals surface area contributed by atoms with Gasteiger partial charge in [-0.2, -0.15) is 0 Å². The fourth-order valence-corrected chi connectivity index (χ4v) is 4.68. The average molecular weight is 266 g/mol. The van der Waals surface area contributed by atoms with Gasteiger partial charge in [-0.15, -0.1) is 0 Å². The van der Waals surface area contributed by atoms with Crippen LogP contribution in [0.25, 0.3) is 0 Å². The number of aliphatic hydroxyl groups is 1. The molecule has 1 heteroatoms. The number of aliphatic hydroxyl groups excluding tert-OH is 1. The lowest BCUT2D eigenvalue weighted by molar-refractivity contribution is 0.0132. The van der Waals surface area contributed by atoms with Crippen molar-refractivity contribution < 1.29 is 5.11 Å². The van der Waals surface area contributed by atoms with Crippen molar-refractivity contribution in [2.45, 2.75) is 85.2 Å². The van der Waals surface area contributed by atoms with E-state index in [9.17, 15) is 5.11 Å². The first-order chi connectivity index (χ1) is 8.91. The summed E-state index contributed by atoms with van der Waals surface area (Å²) in [4.78, 5) is 0. The molecule has 2 rings (SSSR count). The van der Waals surface area contributed by atoms with E-state index in [1.54, 1.807) is 0 Å². The van der Waals surface area contributed by atoms with Crippen LogP contribution in [0.4, 0.5) is 0 Å². The lowest BCUT2D eigenvalue weighted by Crippen LogP contribution is -2.38. The van der Waals surface area contributed by atoms with Crippen LogP contribution < -0.4 is 0 Å². The molecular formula is C18H34O. The van der Waals surface area contributed by atoms with Crippen LogP contribution >= 0.6 is 0 Å². The quantitative estimate of drug-likeness (QED) is 0.760. The minimum Gasteiger partial charge on any atom is -0.393 e. The second-order valence-electron chi connectivity index (χ2n) is 8.18. The summed E-state index contributed by atoms with van der Waals surface area (Å²) in [6, 6.07) is 0. The standard InChI is InChI=1S/C18H34O/c1-13(2)14-5-7-15(8-6-14)18(3,4)16-9-11-17(19)12-10-16/h13-17,19H,5-12H2,1-4H3. The van der Waals surface area contributed by atoms with Crippen LogP contribution in [-0.2, 0) is 0 Å². The van der Waals surface area contributed by atoms with Crippen molar-refractivity contribution >= 4 is 0 Å². The Hall–Kier alpha value is -0.0400. The fourth-order valence-electron chi connectivity index (χ4n) is 4.68. The number of hydrogen-bond donors (Lipinski definition) is 1. The minimum absolute atomic E-state index is 0.0104. The highest BCUT2D eigenvalue weighted by Crippen LogP contribution is 2.49. The first-order valence-corrected chi connectivity index (χ1v) is 8.59. The molecule has 0 amide bonds. The van der Waals surface area contributed by atoms with Gasteiger partial charge in [-0.1, -0.05) is 27.7 Å². The van der Waals surface area contributed by atoms with E-state index in [0.29, 0.717) is 5.41 Å². The third kappa shape index (κ3) is 3.54. The summed E-state index contributed by atoms with van der Waals surface area (Å²) in [7, 11) is 0. The van der Waals surface area contributed by atoms with Crippen molar-refractivity contribution in [2.75, 3.05) is 0 Å². The van der Waals surface area contributed by atoms with Crippen LogP contribution in [0.15, 0.2) is 0 Å². The van der Waals surface area contributed by atoms with Gasteiger partial charge in [-0.05, 0) is 80.5 Å². The lowest BCUT2D eigenvalue weighted by Gasteiger charge is -2.46. The minimum atomic E-state index is -0.0104. The van der Waals surface area contributed by atoms with Gasteiger partial charge in [0, 0.05) is 0 Å². The van der Waals surface area contributed by atoms with Crippen LogP contribution in [0, 0.1) is 29.1 Å². The van der Waals surface area contributed by atoms with Crippen molar-refractivity contribution in [3.63, 3.8) is 0 Å². The predicted molar refractivity (Wildman–Crippen MR) is 82.0 cm³/mol. The highest BCUT2D eigenvalue weighted by atomic mass is 16.3. The zero-order chi connectivity index (χ0) is 14.0. The molecule has 0 aromatic carbocycles. The lowest BCUT2D eigenvalue weighted by atomic mass is 9.59. The largest absolute Gasteiger partial charge is 0.393 e. The summed E-state index contributed by atoms with van der Waals surface area (Å²) in [6.45, 7) is 9.79. The number of rotatable bonds is 3. The molecule has 0 spiro atoms. The molecule has 0 aliphatic heterocycles. The molecule has 2 fully saturated rings. The van der Waals surface area contributed by atoms with Crippen molar-refractivity contribution in [3.8, 4) is 0 Å². The van der Waals surface area contributed by atoms with Gasteiger partial charge in [0.15, 0.2) is 0 Å². The van der Waals surface area contributed by atoms with E-state index in [-0.39, 0.29) is 6.10 Å². The summed E-state index contributed by atoms with van der Waals surface area (Å²) in [5, 5.41) is 9.70. The molecule has 0 atom stereocenters. The third-order valence-corrected chi connectivity index (χ3v) is 6.52. The van der Waals surface area contributed by atoms with E-state index in [0.717, 1.165) is 36.5 Å². The molecule has 0 radical (unpaired) electrons. The number of hydrogen-bond acceptors (Lipinski definition) is 1. The van der Waals surface area contributed by atoms with Crippen LogP contribution in [0.2, 0.25) is 0 Å². The van der Waals surface area contributed by atoms with E-state index in [2.05, 4.69) is 27.7 Å². The van der Waals surface area contributed by atoms with E-state index in [1.807, 2.05) is 0 Å². The highest BCUT2D eigenvalue weighted by molar-refractivity contribution is 4.90. The Kier molecular flexibility index (Phi) is 4.98. The van der Waals surface area contributed by atoms with Gasteiger partial charge in [-0.25, -0.2) is 0 Å². The molecule has 0 heterocycles. The second-order valence-corrected chi connectivity index (χ2v) is 8.18. The Morgan fingerprint density at radius 2 is 1.21 bits per heavy atom. The van der Waals surface area contributed by atoms with Crippen LogP contribution in [0.3, 0.4) is 0 Å². The summed E-state index contributed by atoms with van der Waals surface area (Å²) < 4.78 is 0. The molecule has 0 aromatic heterocycles. The molecule has 1 N–H and O–H groups in total. The molecule has 0 unspecified atom stereocenters. The molecule has 0 saturated heterocycles. The molecule has 0 bridgehead atoms. The van der Waals surface area contributed by atoms with Crippen LogP contribution in [0.5, 0.6) is 0 Å². The Morgan fingerprint density at radius 1 is 0.789 bits per heavy atom. The molecular weight excluding hydrogens is 232 g/mol. The molecule has 2 aliphatic carbocycles. The van der Waals surface area contributed by atoms with E-state index in [1.165, 1.54) is 38.5 Å². The summed E-state index contributed by atoms with van der Waals surface area (Å²) in [6.07, 6.45) is 10.3. The van der Waals surface area contributed by atoms with Crippen molar-refractivity contribution in [1.29, 1.82) is 0 Å². The predicted octanol–water partition coefficient (Wildman–Crippen LogP) is 5.03. The van der Waals surface area contributed by atoms with Crippen LogP contribution in [0.1, 0.15) is 79.1 Å². The van der Waals surface area contributed by atoms with Crippen molar-refractivity contribution in [3.05, 3.63) is 0 Å². The van der Waals surface area contributed by atoms with E-state index < -0.39 is 0 Å². The molecule has 1 nitrogen and oxygen atoms in total. The maximum Gasteiger partial charge on any atom is 0.0540 e. The van der Waals surface area contributed by atoms with Gasteiger partial charge in [0.1, 0.15) is 0 Å². The molecule has 2 aliphatic rings. The average Bonchev–Trinajstić information content (AvgIpc) is 2.39. The maximum atomic E-state index is 9.70. The fraction of sp³-hybridized carbons (Fsp3) is 1.00. The van der Waals surface area contributed by atoms with E-state index in [4.69, 9.17) is 0 Å². The molecule has 0 aromatic rings. The molecule has 19 heavy (non-hydrogen) atoms. The molecule has 2 saturated carbocycles.